The van der Waals surface area contributed by atoms with Crippen LogP contribution in [0.3, 0.4) is 0 Å². The number of anilines is 1. The van der Waals surface area contributed by atoms with Gasteiger partial charge in [0.1, 0.15) is 0 Å². The first-order valence-electron chi connectivity index (χ1n) is 29.7. The molecule has 4 aliphatic rings. The number of halogens is 3. The molecule has 0 aromatic heterocycles. The van der Waals surface area contributed by atoms with E-state index in [-0.39, 0.29) is 38.0 Å². The molecule has 2 amide bonds. The normalized spacial score (nSPS) is 18.6. The fourth-order valence-corrected chi connectivity index (χ4v) is 14.2. The average Bonchev–Trinajstić information content (AvgIpc) is 1.65. The summed E-state index contributed by atoms with van der Waals surface area (Å²) in [4.78, 5) is 78.6. The van der Waals surface area contributed by atoms with Gasteiger partial charge in [-0.1, -0.05) is 112 Å². The molecule has 2 unspecified atom stereocenters. The van der Waals surface area contributed by atoms with Crippen LogP contribution in [0.25, 0.3) is 0 Å². The number of thioether (sulfide) groups is 4. The number of carbonyl (C=O) groups is 6. The van der Waals surface area contributed by atoms with Gasteiger partial charge in [0, 0.05) is 61.5 Å². The van der Waals surface area contributed by atoms with E-state index in [2.05, 4.69) is 10.2 Å². The van der Waals surface area contributed by atoms with Crippen LogP contribution in [0, 0.1) is 11.8 Å². The van der Waals surface area contributed by atoms with Crippen molar-refractivity contribution >= 4 is 96.4 Å². The average molecular weight is 1250 g/mol. The van der Waals surface area contributed by atoms with E-state index in [0.29, 0.717) is 60.8 Å². The molecule has 13 nitrogen and oxygen atoms in total. The minimum Gasteiger partial charge on any atom is -0.490 e. The number of unbranched alkanes of at least 4 members (excludes halogenated alkanes) is 12. The molecule has 8 rings (SSSR count). The molecular formula is C65H80F3N3O10S4. The molecule has 2 bridgehead atoms. The summed E-state index contributed by atoms with van der Waals surface area (Å²) in [5, 5.41) is 8.81. The molecule has 85 heavy (non-hydrogen) atoms. The molecule has 3 aliphatic carbocycles. The zero-order chi connectivity index (χ0) is 61.2. The highest BCUT2D eigenvalue weighted by molar-refractivity contribution is 8.14. The van der Waals surface area contributed by atoms with Crippen molar-refractivity contribution in [2.24, 2.45) is 22.1 Å². The van der Waals surface area contributed by atoms with Crippen molar-refractivity contribution in [1.29, 1.82) is 0 Å². The molecule has 4 aromatic rings. The minimum absolute atomic E-state index is 0.107. The lowest BCUT2D eigenvalue weighted by Crippen LogP contribution is -2.59. The Kier molecular flexibility index (Phi) is 25.4. The van der Waals surface area contributed by atoms with Crippen molar-refractivity contribution in [1.82, 2.24) is 0 Å². The summed E-state index contributed by atoms with van der Waals surface area (Å²) in [6.45, 7) is 12.0. The van der Waals surface area contributed by atoms with E-state index in [4.69, 9.17) is 18.9 Å². The highest BCUT2D eigenvalue weighted by Gasteiger charge is 2.71. The number of azo groups is 1. The highest BCUT2D eigenvalue weighted by atomic mass is 32.2. The summed E-state index contributed by atoms with van der Waals surface area (Å²) in [5.74, 6) is 2.70. The van der Waals surface area contributed by atoms with Gasteiger partial charge in [-0.15, -0.1) is 0 Å². The van der Waals surface area contributed by atoms with Crippen LogP contribution in [-0.2, 0) is 45.8 Å². The molecule has 0 spiro atoms. The summed E-state index contributed by atoms with van der Waals surface area (Å²) in [7, 11) is 0. The Morgan fingerprint density at radius 1 is 0.447 bits per heavy atom. The molecule has 2 atom stereocenters. The third-order valence-corrected chi connectivity index (χ3v) is 19.5. The van der Waals surface area contributed by atoms with Crippen LogP contribution in [0.5, 0.6) is 23.0 Å². The fourth-order valence-electron chi connectivity index (χ4n) is 11.7. The Balaban J connectivity index is 1.26. The second-order valence-corrected chi connectivity index (χ2v) is 27.3. The molecule has 1 fully saturated rings. The van der Waals surface area contributed by atoms with Crippen molar-refractivity contribution in [3.8, 4) is 23.0 Å². The largest absolute Gasteiger partial charge is 0.490 e. The van der Waals surface area contributed by atoms with Crippen molar-refractivity contribution in [2.75, 3.05) is 54.3 Å². The lowest BCUT2D eigenvalue weighted by Gasteiger charge is -2.58. The Morgan fingerprint density at radius 3 is 0.988 bits per heavy atom. The van der Waals surface area contributed by atoms with Gasteiger partial charge >= 0.3 is 6.18 Å². The lowest BCUT2D eigenvalue weighted by atomic mass is 9.42. The van der Waals surface area contributed by atoms with Crippen LogP contribution in [-0.4, -0.2) is 81.7 Å². The number of ether oxygens (including phenoxy) is 4. The first-order valence-corrected chi connectivity index (χ1v) is 33.7. The Labute approximate surface area is 515 Å². The van der Waals surface area contributed by atoms with E-state index in [0.717, 1.165) is 160 Å². The maximum Gasteiger partial charge on any atom is 0.416 e. The molecular weight excluding hydrogens is 1170 g/mol. The number of hydrogen-bond acceptors (Lipinski definition) is 16. The number of carbonyl (C=O) groups excluding carboxylic acids is 6. The van der Waals surface area contributed by atoms with Crippen molar-refractivity contribution < 1.29 is 60.9 Å². The van der Waals surface area contributed by atoms with Crippen LogP contribution in [0.1, 0.15) is 172 Å². The van der Waals surface area contributed by atoms with Gasteiger partial charge in [0.25, 0.3) is 0 Å². The van der Waals surface area contributed by atoms with Crippen molar-refractivity contribution in [2.45, 2.75) is 161 Å². The zero-order valence-corrected chi connectivity index (χ0v) is 53.0. The summed E-state index contributed by atoms with van der Waals surface area (Å²) in [5.41, 5.74) is 1.19. The van der Waals surface area contributed by atoms with E-state index in [9.17, 15) is 32.3 Å². The molecule has 0 N–H and O–H groups in total. The molecule has 4 aromatic carbocycles. The van der Waals surface area contributed by atoms with Crippen LogP contribution < -0.4 is 23.8 Å². The number of nitrogens with zero attached hydrogens (tertiary/aromatic N) is 3. The SMILES string of the molecule is CC(=O)SCCCCCCOc1cc2c(cc1OCCCCCCSC(C)=O)C1(C)c3cc(OCCCCCCSC(C)=O)c(OCCCCCCSC(C)=O)cc3C2(C)C2C(=O)N(c3ccc(N=Nc4ccc(C(F)(F)F)cc4)cc3)C(=O)C21. The van der Waals surface area contributed by atoms with Crippen molar-refractivity contribution in [3.05, 3.63) is 101 Å². The van der Waals surface area contributed by atoms with Gasteiger partial charge in [0.15, 0.2) is 43.5 Å². The predicted molar refractivity (Wildman–Crippen MR) is 336 cm³/mol. The Morgan fingerprint density at radius 2 is 0.718 bits per heavy atom. The topological polar surface area (TPSA) is 167 Å². The maximum atomic E-state index is 15.6. The van der Waals surface area contributed by atoms with E-state index >= 15 is 9.59 Å². The molecule has 1 heterocycles. The molecule has 1 aliphatic heterocycles. The van der Waals surface area contributed by atoms with Gasteiger partial charge < -0.3 is 18.9 Å². The van der Waals surface area contributed by atoms with E-state index in [1.807, 2.05) is 38.1 Å². The van der Waals surface area contributed by atoms with E-state index < -0.39 is 34.4 Å². The molecule has 20 heteroatoms. The summed E-state index contributed by atoms with van der Waals surface area (Å²) in [6, 6.07) is 18.9. The first-order chi connectivity index (χ1) is 40.7. The van der Waals surface area contributed by atoms with Gasteiger partial charge in [0.05, 0.1) is 60.9 Å². The minimum atomic E-state index is -4.49. The first kappa shape index (κ1) is 67.2. The summed E-state index contributed by atoms with van der Waals surface area (Å²) in [6.07, 6.45) is 9.58. The maximum absolute atomic E-state index is 15.6. The number of rotatable bonds is 35. The van der Waals surface area contributed by atoms with Crippen LogP contribution in [0.4, 0.5) is 30.2 Å². The third kappa shape index (κ3) is 17.7. The van der Waals surface area contributed by atoms with Gasteiger partial charge in [0.2, 0.25) is 11.8 Å². The third-order valence-electron chi connectivity index (χ3n) is 15.9. The van der Waals surface area contributed by atoms with Crippen LogP contribution >= 0.6 is 47.0 Å². The fraction of sp³-hybridized carbons (Fsp3) is 0.538. The number of alkyl halides is 3. The molecule has 460 valence electrons. The standard InChI is InChI=1S/C65H80F3N3O10S4/c1-43(72)82-35-19-11-7-15-31-78-55-39-51-52(40-56(55)79-32-16-8-12-20-36-83-44(2)73)64(6)54-42-58(81-34-18-10-14-22-38-85-46(4)75)57(80-33-17-9-13-21-37-84-45(3)74)41-53(54)63(51,5)59-60(64)62(77)71(61(59)76)50-29-27-49(28-30-50)70-69-48-25-23-47(24-26-48)65(66,67)68/h23-30,39-42,59-60H,7-22,31-38H2,1-6H3. The smallest absolute Gasteiger partial charge is 0.416 e. The lowest BCUT2D eigenvalue weighted by molar-refractivity contribution is -0.137. The van der Waals surface area contributed by atoms with Gasteiger partial charge in [-0.3, -0.25) is 28.8 Å². The zero-order valence-electron chi connectivity index (χ0n) is 49.7. The second-order valence-electron chi connectivity index (χ2n) is 22.2. The number of hydrogen-bond donors (Lipinski definition) is 0. The van der Waals surface area contributed by atoms with Gasteiger partial charge in [-0.2, -0.15) is 23.4 Å². The van der Waals surface area contributed by atoms with Crippen LogP contribution in [0.15, 0.2) is 83.0 Å². The van der Waals surface area contributed by atoms with Crippen molar-refractivity contribution in [3.63, 3.8) is 0 Å². The predicted octanol–water partition coefficient (Wildman–Crippen LogP) is 16.7. The number of amides is 2. The summed E-state index contributed by atoms with van der Waals surface area (Å²) >= 11 is 5.34. The number of benzene rings is 4. The van der Waals surface area contributed by atoms with Gasteiger partial charge in [-0.05, 0) is 146 Å². The molecule has 0 saturated carbocycles. The van der Waals surface area contributed by atoms with Crippen LogP contribution in [0.2, 0.25) is 0 Å². The number of imide groups is 1. The van der Waals surface area contributed by atoms with E-state index in [1.54, 1.807) is 52.0 Å². The van der Waals surface area contributed by atoms with Gasteiger partial charge in [-0.25, -0.2) is 4.90 Å². The Bertz CT molecular complexity index is 2740. The van der Waals surface area contributed by atoms with E-state index in [1.165, 1.54) is 64.1 Å². The highest BCUT2D eigenvalue weighted by Crippen LogP contribution is 2.68. The Hall–Kier alpha value is -5.31. The second kappa shape index (κ2) is 32.1. The quantitative estimate of drug-likeness (QED) is 0.0242. The monoisotopic (exact) mass is 1250 g/mol. The summed E-state index contributed by atoms with van der Waals surface area (Å²) < 4.78 is 66.6. The molecule has 0 radical (unpaired) electrons. The molecule has 1 saturated heterocycles.